The van der Waals surface area contributed by atoms with Gasteiger partial charge in [-0.1, -0.05) is 18.2 Å². The molecule has 4 rings (SSSR count). The van der Waals surface area contributed by atoms with Gasteiger partial charge in [-0.3, -0.25) is 19.7 Å². The van der Waals surface area contributed by atoms with E-state index in [0.717, 1.165) is 5.56 Å². The van der Waals surface area contributed by atoms with Gasteiger partial charge in [0.2, 0.25) is 0 Å². The van der Waals surface area contributed by atoms with E-state index in [1.807, 2.05) is 0 Å². The predicted octanol–water partition coefficient (Wildman–Crippen LogP) is 3.86. The van der Waals surface area contributed by atoms with Crippen molar-refractivity contribution in [3.8, 4) is 22.4 Å². The number of carbonyl (C=O) groups excluding carboxylic acids is 2. The molecule has 2 heterocycles. The molecule has 2 aromatic heterocycles. The molecule has 0 fully saturated rings. The smallest absolute Gasteiger partial charge is 0.315 e. The van der Waals surface area contributed by atoms with E-state index < -0.39 is 11.8 Å². The van der Waals surface area contributed by atoms with Crippen molar-refractivity contribution in [3.63, 3.8) is 0 Å². The molecule has 0 spiro atoms. The zero-order valence-corrected chi connectivity index (χ0v) is 15.6. The summed E-state index contributed by atoms with van der Waals surface area (Å²) in [5.41, 5.74) is 3.02. The van der Waals surface area contributed by atoms with Crippen LogP contribution >= 0.6 is 0 Å². The summed E-state index contributed by atoms with van der Waals surface area (Å²) in [5.74, 6) is -1.89. The highest BCUT2D eigenvalue weighted by Crippen LogP contribution is 2.35. The summed E-state index contributed by atoms with van der Waals surface area (Å²) < 4.78 is 13.3. The first-order chi connectivity index (χ1) is 14.6. The Labute approximate surface area is 171 Å². The monoisotopic (exact) mass is 401 g/mol. The Kier molecular flexibility index (Phi) is 5.29. The summed E-state index contributed by atoms with van der Waals surface area (Å²) in [7, 11) is 0. The van der Waals surface area contributed by atoms with E-state index in [0.29, 0.717) is 22.5 Å². The number of anilines is 2. The van der Waals surface area contributed by atoms with Crippen molar-refractivity contribution in [2.75, 3.05) is 10.6 Å². The highest BCUT2D eigenvalue weighted by molar-refractivity contribution is 6.43. The quantitative estimate of drug-likeness (QED) is 0.452. The van der Waals surface area contributed by atoms with Crippen molar-refractivity contribution in [2.45, 2.75) is 0 Å². The lowest BCUT2D eigenvalue weighted by atomic mass is 10.0. The fourth-order valence-electron chi connectivity index (χ4n) is 2.93. The molecule has 0 saturated carbocycles. The van der Waals surface area contributed by atoms with Gasteiger partial charge in [0.15, 0.2) is 5.82 Å². The van der Waals surface area contributed by atoms with Crippen LogP contribution in [0.1, 0.15) is 0 Å². The van der Waals surface area contributed by atoms with E-state index in [1.54, 1.807) is 67.0 Å². The number of amides is 2. The summed E-state index contributed by atoms with van der Waals surface area (Å²) in [6, 6.07) is 18.0. The molecule has 0 aliphatic carbocycles. The SMILES string of the molecule is O=C(Nc1ccccc1)C(=O)Nc1n[nH]c(-c2ccc(F)cc2)c1-c1ccncc1. The Morgan fingerprint density at radius 2 is 1.47 bits per heavy atom. The molecule has 2 aromatic carbocycles. The number of carbonyl (C=O) groups is 2. The molecular weight excluding hydrogens is 385 g/mol. The van der Waals surface area contributed by atoms with Crippen LogP contribution in [0.25, 0.3) is 22.4 Å². The van der Waals surface area contributed by atoms with E-state index in [9.17, 15) is 14.0 Å². The van der Waals surface area contributed by atoms with Crippen LogP contribution < -0.4 is 10.6 Å². The van der Waals surface area contributed by atoms with Crippen LogP contribution in [0.5, 0.6) is 0 Å². The minimum atomic E-state index is -0.869. The van der Waals surface area contributed by atoms with Gasteiger partial charge in [-0.2, -0.15) is 5.10 Å². The van der Waals surface area contributed by atoms with Crippen molar-refractivity contribution >= 4 is 23.3 Å². The van der Waals surface area contributed by atoms with Crippen molar-refractivity contribution in [2.24, 2.45) is 0 Å². The minimum absolute atomic E-state index is 0.175. The van der Waals surface area contributed by atoms with Gasteiger partial charge in [0, 0.05) is 23.6 Å². The largest absolute Gasteiger partial charge is 0.318 e. The number of pyridine rings is 1. The molecule has 8 heteroatoms. The van der Waals surface area contributed by atoms with Crippen molar-refractivity contribution < 1.29 is 14.0 Å². The number of hydrogen-bond acceptors (Lipinski definition) is 4. The normalized spacial score (nSPS) is 10.4. The lowest BCUT2D eigenvalue weighted by molar-refractivity contribution is -0.133. The number of aromatic nitrogens is 3. The van der Waals surface area contributed by atoms with Crippen LogP contribution in [0.3, 0.4) is 0 Å². The van der Waals surface area contributed by atoms with E-state index in [-0.39, 0.29) is 11.6 Å². The first-order valence-electron chi connectivity index (χ1n) is 9.04. The molecule has 3 N–H and O–H groups in total. The third kappa shape index (κ3) is 4.07. The van der Waals surface area contributed by atoms with E-state index in [1.165, 1.54) is 12.1 Å². The molecule has 2 amide bonds. The van der Waals surface area contributed by atoms with Crippen LogP contribution in [-0.2, 0) is 9.59 Å². The second kappa shape index (κ2) is 8.36. The molecule has 0 radical (unpaired) electrons. The minimum Gasteiger partial charge on any atom is -0.318 e. The number of para-hydroxylation sites is 1. The Morgan fingerprint density at radius 3 is 2.17 bits per heavy atom. The summed E-state index contributed by atoms with van der Waals surface area (Å²) in [6.45, 7) is 0. The van der Waals surface area contributed by atoms with Gasteiger partial charge in [0.05, 0.1) is 11.3 Å². The van der Waals surface area contributed by atoms with Gasteiger partial charge >= 0.3 is 11.8 Å². The average Bonchev–Trinajstić information content (AvgIpc) is 3.19. The highest BCUT2D eigenvalue weighted by Gasteiger charge is 2.21. The summed E-state index contributed by atoms with van der Waals surface area (Å²) in [4.78, 5) is 28.7. The number of aromatic amines is 1. The fraction of sp³-hybridized carbons (Fsp3) is 0. The zero-order chi connectivity index (χ0) is 20.9. The lowest BCUT2D eigenvalue weighted by Crippen LogP contribution is -2.29. The molecule has 0 unspecified atom stereocenters. The van der Waals surface area contributed by atoms with Gasteiger partial charge in [-0.15, -0.1) is 0 Å². The first-order valence-corrected chi connectivity index (χ1v) is 9.04. The predicted molar refractivity (Wildman–Crippen MR) is 111 cm³/mol. The Balaban J connectivity index is 1.65. The topological polar surface area (TPSA) is 99.8 Å². The van der Waals surface area contributed by atoms with Gasteiger partial charge in [0.25, 0.3) is 0 Å². The van der Waals surface area contributed by atoms with Crippen molar-refractivity contribution in [3.05, 3.63) is 84.9 Å². The molecule has 148 valence electrons. The maximum absolute atomic E-state index is 13.3. The zero-order valence-electron chi connectivity index (χ0n) is 15.6. The van der Waals surface area contributed by atoms with Gasteiger partial charge in [-0.05, 0) is 54.1 Å². The van der Waals surface area contributed by atoms with Crippen LogP contribution in [0, 0.1) is 5.82 Å². The van der Waals surface area contributed by atoms with E-state index in [4.69, 9.17) is 0 Å². The number of benzene rings is 2. The maximum atomic E-state index is 13.3. The molecule has 30 heavy (non-hydrogen) atoms. The molecule has 4 aromatic rings. The second-order valence-corrected chi connectivity index (χ2v) is 6.34. The molecule has 0 aliphatic heterocycles. The lowest BCUT2D eigenvalue weighted by Gasteiger charge is -2.08. The summed E-state index contributed by atoms with van der Waals surface area (Å²) in [6.07, 6.45) is 3.20. The van der Waals surface area contributed by atoms with E-state index >= 15 is 0 Å². The molecular formula is C22H16FN5O2. The first kappa shape index (κ1) is 19.0. The molecule has 0 bridgehead atoms. The van der Waals surface area contributed by atoms with Gasteiger partial charge in [-0.25, -0.2) is 4.39 Å². The number of nitrogens with zero attached hydrogens (tertiary/aromatic N) is 2. The molecule has 0 aliphatic rings. The third-order valence-electron chi connectivity index (χ3n) is 4.34. The summed E-state index contributed by atoms with van der Waals surface area (Å²) in [5, 5.41) is 12.1. The van der Waals surface area contributed by atoms with Crippen LogP contribution in [0.4, 0.5) is 15.9 Å². The Bertz CT molecular complexity index is 1180. The molecule has 7 nitrogen and oxygen atoms in total. The van der Waals surface area contributed by atoms with Crippen LogP contribution in [0.2, 0.25) is 0 Å². The molecule has 0 saturated heterocycles. The number of hydrogen-bond donors (Lipinski definition) is 3. The standard InChI is InChI=1S/C22H16FN5O2/c23-16-8-6-15(7-9-16)19-18(14-10-12-24-13-11-14)20(28-27-19)26-22(30)21(29)25-17-4-2-1-3-5-17/h1-13H,(H,25,29)(H2,26,27,28,30). The fourth-order valence-corrected chi connectivity index (χ4v) is 2.93. The van der Waals surface area contributed by atoms with Crippen LogP contribution in [-0.4, -0.2) is 27.0 Å². The van der Waals surface area contributed by atoms with Crippen molar-refractivity contribution in [1.29, 1.82) is 0 Å². The number of rotatable bonds is 4. The average molecular weight is 401 g/mol. The number of halogens is 1. The number of nitrogens with one attached hydrogen (secondary N) is 3. The second-order valence-electron chi connectivity index (χ2n) is 6.34. The third-order valence-corrected chi connectivity index (χ3v) is 4.34. The molecule has 0 atom stereocenters. The Hall–Kier alpha value is -4.33. The summed E-state index contributed by atoms with van der Waals surface area (Å²) >= 11 is 0. The van der Waals surface area contributed by atoms with Crippen LogP contribution in [0.15, 0.2) is 79.1 Å². The van der Waals surface area contributed by atoms with E-state index in [2.05, 4.69) is 25.8 Å². The highest BCUT2D eigenvalue weighted by atomic mass is 19.1. The van der Waals surface area contributed by atoms with Gasteiger partial charge < -0.3 is 10.6 Å². The van der Waals surface area contributed by atoms with Crippen molar-refractivity contribution in [1.82, 2.24) is 15.2 Å². The van der Waals surface area contributed by atoms with Gasteiger partial charge in [0.1, 0.15) is 5.82 Å². The number of H-pyrrole nitrogens is 1. The Morgan fingerprint density at radius 1 is 0.800 bits per heavy atom. The maximum Gasteiger partial charge on any atom is 0.315 e.